The van der Waals surface area contributed by atoms with Crippen molar-refractivity contribution in [1.29, 1.82) is 0 Å². The van der Waals surface area contributed by atoms with Gasteiger partial charge in [0.05, 0.1) is 18.8 Å². The van der Waals surface area contributed by atoms with Crippen LogP contribution in [0.25, 0.3) is 0 Å². The van der Waals surface area contributed by atoms with Gasteiger partial charge in [0.2, 0.25) is 0 Å². The van der Waals surface area contributed by atoms with Crippen molar-refractivity contribution < 1.29 is 14.3 Å². The minimum Gasteiger partial charge on any atom is -0.378 e. The summed E-state index contributed by atoms with van der Waals surface area (Å²) >= 11 is 0. The number of nitrogens with zero attached hydrogens (tertiary/aromatic N) is 3. The lowest BCUT2D eigenvalue weighted by atomic mass is 9.95. The molecule has 1 N–H and O–H groups in total. The second-order valence-electron chi connectivity index (χ2n) is 8.27. The first-order chi connectivity index (χ1) is 15.5. The first-order valence-corrected chi connectivity index (χ1v) is 11.2. The summed E-state index contributed by atoms with van der Waals surface area (Å²) in [6.07, 6.45) is 3.03. The van der Waals surface area contributed by atoms with E-state index in [0.29, 0.717) is 44.8 Å². The van der Waals surface area contributed by atoms with Gasteiger partial charge in [-0.2, -0.15) is 0 Å². The van der Waals surface area contributed by atoms with Crippen LogP contribution in [-0.2, 0) is 24.8 Å². The van der Waals surface area contributed by atoms with Crippen LogP contribution >= 0.6 is 0 Å². The first-order valence-electron chi connectivity index (χ1n) is 11.2. The molecule has 8 heteroatoms. The third kappa shape index (κ3) is 4.27. The molecule has 2 aliphatic rings. The van der Waals surface area contributed by atoms with Gasteiger partial charge in [0.1, 0.15) is 5.56 Å². The van der Waals surface area contributed by atoms with Crippen molar-refractivity contribution in [2.24, 2.45) is 7.05 Å². The maximum absolute atomic E-state index is 13.5. The summed E-state index contributed by atoms with van der Waals surface area (Å²) in [4.78, 5) is 42.9. The molecule has 0 aliphatic carbocycles. The number of carbonyl (C=O) groups is 2. The Labute approximate surface area is 187 Å². The van der Waals surface area contributed by atoms with Gasteiger partial charge in [0.25, 0.3) is 17.4 Å². The Morgan fingerprint density at radius 3 is 2.62 bits per heavy atom. The Balaban J connectivity index is 1.62. The zero-order chi connectivity index (χ0) is 22.7. The monoisotopic (exact) mass is 438 g/mol. The van der Waals surface area contributed by atoms with Crippen LogP contribution in [0.4, 0.5) is 5.69 Å². The first kappa shape index (κ1) is 22.1. The van der Waals surface area contributed by atoms with Gasteiger partial charge >= 0.3 is 0 Å². The zero-order valence-electron chi connectivity index (χ0n) is 18.7. The molecule has 0 atom stereocenters. The molecule has 1 fully saturated rings. The molecular formula is C24H30N4O4. The molecule has 2 amide bonds. The number of aromatic nitrogens is 1. The molecule has 4 rings (SSSR count). The van der Waals surface area contributed by atoms with Crippen molar-refractivity contribution in [3.63, 3.8) is 0 Å². The van der Waals surface area contributed by atoms with E-state index in [9.17, 15) is 14.4 Å². The van der Waals surface area contributed by atoms with E-state index in [1.807, 2.05) is 31.2 Å². The minimum atomic E-state index is -0.332. The average molecular weight is 439 g/mol. The third-order valence-corrected chi connectivity index (χ3v) is 6.10. The summed E-state index contributed by atoms with van der Waals surface area (Å²) in [7, 11) is 1.65. The van der Waals surface area contributed by atoms with Gasteiger partial charge in [0.15, 0.2) is 0 Å². The smallest absolute Gasteiger partial charge is 0.263 e. The van der Waals surface area contributed by atoms with Crippen LogP contribution in [0.2, 0.25) is 0 Å². The summed E-state index contributed by atoms with van der Waals surface area (Å²) in [5.41, 5.74) is 3.11. The largest absolute Gasteiger partial charge is 0.378 e. The van der Waals surface area contributed by atoms with E-state index in [4.69, 9.17) is 4.74 Å². The highest BCUT2D eigenvalue weighted by atomic mass is 16.5. The van der Waals surface area contributed by atoms with Gasteiger partial charge in [0, 0.05) is 51.7 Å². The normalized spacial score (nSPS) is 15.9. The molecule has 32 heavy (non-hydrogen) atoms. The molecule has 0 radical (unpaired) electrons. The van der Waals surface area contributed by atoms with Crippen LogP contribution in [0.5, 0.6) is 0 Å². The van der Waals surface area contributed by atoms with E-state index in [1.165, 1.54) is 4.57 Å². The number of hydrogen-bond acceptors (Lipinski definition) is 5. The predicted octanol–water partition coefficient (Wildman–Crippen LogP) is 1.56. The molecular weight excluding hydrogens is 408 g/mol. The molecule has 1 saturated heterocycles. The molecule has 0 spiro atoms. The number of ether oxygens (including phenoxy) is 1. The Morgan fingerprint density at radius 1 is 1.12 bits per heavy atom. The fourth-order valence-corrected chi connectivity index (χ4v) is 4.43. The Kier molecular flexibility index (Phi) is 6.60. The van der Waals surface area contributed by atoms with Gasteiger partial charge in [-0.1, -0.05) is 19.1 Å². The van der Waals surface area contributed by atoms with Crippen molar-refractivity contribution >= 4 is 17.5 Å². The molecule has 0 bridgehead atoms. The van der Waals surface area contributed by atoms with Crippen LogP contribution in [0.3, 0.4) is 0 Å². The van der Waals surface area contributed by atoms with Crippen LogP contribution in [0.1, 0.15) is 45.2 Å². The molecule has 0 unspecified atom stereocenters. The average Bonchev–Trinajstić information content (AvgIpc) is 2.83. The molecule has 8 nitrogen and oxygen atoms in total. The second-order valence-corrected chi connectivity index (χ2v) is 8.27. The molecule has 1 aromatic carbocycles. The predicted molar refractivity (Wildman–Crippen MR) is 122 cm³/mol. The van der Waals surface area contributed by atoms with Gasteiger partial charge in [-0.3, -0.25) is 14.4 Å². The van der Waals surface area contributed by atoms with Crippen LogP contribution < -0.4 is 15.8 Å². The summed E-state index contributed by atoms with van der Waals surface area (Å²) in [5, 5.41) is 2.82. The Hall–Kier alpha value is -3.13. The number of para-hydroxylation sites is 1. The lowest BCUT2D eigenvalue weighted by Gasteiger charge is -2.33. The number of hydrogen-bond donors (Lipinski definition) is 1. The van der Waals surface area contributed by atoms with Gasteiger partial charge < -0.3 is 24.4 Å². The number of carbonyl (C=O) groups excluding carboxylic acids is 2. The van der Waals surface area contributed by atoms with Crippen LogP contribution in [-0.4, -0.2) is 60.7 Å². The number of amides is 2. The number of aryl methyl sites for hydroxylation is 1. The van der Waals surface area contributed by atoms with E-state index in [1.54, 1.807) is 18.1 Å². The number of rotatable bonds is 5. The molecule has 2 aromatic rings. The second kappa shape index (κ2) is 9.56. The molecule has 2 aliphatic heterocycles. The highest BCUT2D eigenvalue weighted by Gasteiger charge is 2.29. The summed E-state index contributed by atoms with van der Waals surface area (Å²) < 4.78 is 6.90. The molecule has 1 aromatic heterocycles. The fraction of sp³-hybridized carbons (Fsp3) is 0.458. The Bertz CT molecular complexity index is 1070. The SMILES string of the molecule is CCCNC(=O)c1c2c(cn(C)c1=O)CN(C(=O)c1ccccc1N1CCOCC1)CC2. The van der Waals surface area contributed by atoms with E-state index < -0.39 is 0 Å². The van der Waals surface area contributed by atoms with Crippen molar-refractivity contribution in [1.82, 2.24) is 14.8 Å². The van der Waals surface area contributed by atoms with Crippen molar-refractivity contribution in [2.45, 2.75) is 26.3 Å². The third-order valence-electron chi connectivity index (χ3n) is 6.10. The highest BCUT2D eigenvalue weighted by molar-refractivity contribution is 6.00. The van der Waals surface area contributed by atoms with Gasteiger partial charge in [-0.25, -0.2) is 0 Å². The number of fused-ring (bicyclic) bond motifs is 1. The topological polar surface area (TPSA) is 83.9 Å². The van der Waals surface area contributed by atoms with Crippen LogP contribution in [0, 0.1) is 0 Å². The van der Waals surface area contributed by atoms with Crippen molar-refractivity contribution in [2.75, 3.05) is 44.3 Å². The van der Waals surface area contributed by atoms with E-state index >= 15 is 0 Å². The lowest BCUT2D eigenvalue weighted by molar-refractivity contribution is 0.0733. The summed E-state index contributed by atoms with van der Waals surface area (Å²) in [5.74, 6) is -0.370. The van der Waals surface area contributed by atoms with Gasteiger partial charge in [-0.05, 0) is 36.1 Å². The van der Waals surface area contributed by atoms with Gasteiger partial charge in [-0.15, -0.1) is 0 Å². The Morgan fingerprint density at radius 2 is 1.88 bits per heavy atom. The van der Waals surface area contributed by atoms with Crippen molar-refractivity contribution in [3.8, 4) is 0 Å². The summed E-state index contributed by atoms with van der Waals surface area (Å²) in [6, 6.07) is 7.68. The number of pyridine rings is 1. The number of anilines is 1. The minimum absolute atomic E-state index is 0.0384. The molecule has 170 valence electrons. The van der Waals surface area contributed by atoms with E-state index in [0.717, 1.165) is 36.3 Å². The van der Waals surface area contributed by atoms with E-state index in [-0.39, 0.29) is 22.9 Å². The number of benzene rings is 1. The fourth-order valence-electron chi connectivity index (χ4n) is 4.43. The number of morpholine rings is 1. The summed E-state index contributed by atoms with van der Waals surface area (Å²) in [6.45, 7) is 6.13. The lowest BCUT2D eigenvalue weighted by Crippen LogP contribution is -2.42. The standard InChI is InChI=1S/C24H30N4O4/c1-3-9-25-22(29)21-18-8-10-28(16-17(18)15-26(2)24(21)31)23(30)19-6-4-5-7-20(19)27-11-13-32-14-12-27/h4-7,15H,3,8-14,16H2,1-2H3,(H,25,29). The zero-order valence-corrected chi connectivity index (χ0v) is 18.7. The van der Waals surface area contributed by atoms with Crippen LogP contribution in [0.15, 0.2) is 35.3 Å². The van der Waals surface area contributed by atoms with Crippen molar-refractivity contribution in [3.05, 3.63) is 63.1 Å². The molecule has 0 saturated carbocycles. The maximum atomic E-state index is 13.5. The quantitative estimate of drug-likeness (QED) is 0.766. The van der Waals surface area contributed by atoms with E-state index in [2.05, 4.69) is 10.2 Å². The highest BCUT2D eigenvalue weighted by Crippen LogP contribution is 2.27. The number of nitrogens with one attached hydrogen (secondary N) is 1. The maximum Gasteiger partial charge on any atom is 0.263 e. The molecule has 3 heterocycles.